The Hall–Kier alpha value is -3.32. The SMILES string of the molecule is CCCC(O)C/C=C\C/C=C\C/C=C\C/C=C\CCCC(=O)OC[C@H](COP(=O)(O)OP(=O)(O)OC[C@H]1O[C@@H](n2ccc(N)nc2=O)[C@H](O)[C@@H]1O)OC(=O)CCCCCCCCCCC(C)C. The van der Waals surface area contributed by atoms with Crippen LogP contribution >= 0.6 is 15.6 Å². The minimum atomic E-state index is -5.44. The minimum Gasteiger partial charge on any atom is -0.462 e. The third kappa shape index (κ3) is 28.1. The highest BCUT2D eigenvalue weighted by molar-refractivity contribution is 7.61. The van der Waals surface area contributed by atoms with Crippen LogP contribution in [-0.4, -0.2) is 96.9 Å². The van der Waals surface area contributed by atoms with Crippen molar-refractivity contribution in [1.82, 2.24) is 9.55 Å². The van der Waals surface area contributed by atoms with Crippen molar-refractivity contribution in [2.45, 2.75) is 180 Å². The number of unbranched alkanes of at least 4 members (excludes halogenated alkanes) is 8. The summed E-state index contributed by atoms with van der Waals surface area (Å²) in [4.78, 5) is 61.7. The first-order valence-electron chi connectivity index (χ1n) is 23.6. The van der Waals surface area contributed by atoms with Crippen molar-refractivity contribution in [3.05, 3.63) is 71.4 Å². The fourth-order valence-electron chi connectivity index (χ4n) is 6.74. The van der Waals surface area contributed by atoms with Gasteiger partial charge >= 0.3 is 33.3 Å². The Bertz CT molecular complexity index is 1840. The number of rotatable bonds is 37. The van der Waals surface area contributed by atoms with Crippen molar-refractivity contribution in [2.24, 2.45) is 5.92 Å². The Kier molecular flexibility index (Phi) is 30.4. The van der Waals surface area contributed by atoms with Gasteiger partial charge in [-0.25, -0.2) is 13.9 Å². The number of aliphatic hydroxyl groups is 3. The molecule has 1 saturated heterocycles. The van der Waals surface area contributed by atoms with Gasteiger partial charge in [0.2, 0.25) is 0 Å². The monoisotopic (exact) mass is 989 g/mol. The number of nitrogens with zero attached hydrogens (tertiary/aromatic N) is 2. The molecular formula is C46H77N3O16P2. The van der Waals surface area contributed by atoms with Gasteiger partial charge in [-0.1, -0.05) is 127 Å². The molecule has 0 radical (unpaired) electrons. The van der Waals surface area contributed by atoms with Crippen LogP contribution in [0.5, 0.6) is 0 Å². The van der Waals surface area contributed by atoms with Crippen LogP contribution in [0.2, 0.25) is 0 Å². The van der Waals surface area contributed by atoms with E-state index in [0.717, 1.165) is 68.6 Å². The number of hydrogen-bond donors (Lipinski definition) is 6. The molecule has 7 N–H and O–H groups in total. The first-order valence-corrected chi connectivity index (χ1v) is 26.6. The standard InChI is InChI=1S/C46H77N3O16P2/c1-4-26-37(50)28-23-19-15-10-8-6-5-7-9-11-16-20-24-29-41(51)60-33-38(63-42(52)30-25-21-17-13-12-14-18-22-27-36(2)3)34-61-66(56,57)65-67(58,59)62-35-39-43(53)44(54)45(64-39)49-32-31-40(47)48-46(49)55/h5,7-8,10-11,16,19,23,31-32,36-39,43-45,50,53-54H,4,6,9,12-15,17-18,20-22,24-30,33-35H2,1-3H3,(H,56,57)(H,58,59)(H2,47,48,55)/b7-5-,10-8-,16-11-,23-19-/t37?,38-,39-,43-,44-,45-/m1/s1. The van der Waals surface area contributed by atoms with Crippen LogP contribution < -0.4 is 11.4 Å². The maximum atomic E-state index is 12.8. The Morgan fingerprint density at radius 3 is 2.01 bits per heavy atom. The van der Waals surface area contributed by atoms with Crippen molar-refractivity contribution in [2.75, 3.05) is 25.6 Å². The molecule has 1 aliphatic heterocycles. The zero-order valence-electron chi connectivity index (χ0n) is 39.5. The van der Waals surface area contributed by atoms with Gasteiger partial charge in [-0.15, -0.1) is 0 Å². The van der Waals surface area contributed by atoms with E-state index in [2.05, 4.69) is 48.3 Å². The number of anilines is 1. The summed E-state index contributed by atoms with van der Waals surface area (Å²) in [6.45, 7) is 4.11. The average molecular weight is 990 g/mol. The Morgan fingerprint density at radius 1 is 0.806 bits per heavy atom. The van der Waals surface area contributed by atoms with Gasteiger partial charge in [-0.3, -0.25) is 23.2 Å². The summed E-state index contributed by atoms with van der Waals surface area (Å²) in [6, 6.07) is 1.24. The van der Waals surface area contributed by atoms with Gasteiger partial charge in [0.1, 0.15) is 30.7 Å². The van der Waals surface area contributed by atoms with Gasteiger partial charge in [0, 0.05) is 19.0 Å². The topological polar surface area (TPSA) is 286 Å². The van der Waals surface area contributed by atoms with Crippen molar-refractivity contribution in [1.29, 1.82) is 0 Å². The summed E-state index contributed by atoms with van der Waals surface area (Å²) in [7, 11) is -10.9. The zero-order valence-corrected chi connectivity index (χ0v) is 41.3. The summed E-state index contributed by atoms with van der Waals surface area (Å²) in [5.41, 5.74) is 4.57. The van der Waals surface area contributed by atoms with E-state index < -0.39 is 83.7 Å². The third-order valence-corrected chi connectivity index (χ3v) is 13.0. The van der Waals surface area contributed by atoms with Gasteiger partial charge in [0.05, 0.1) is 19.3 Å². The number of hydrogen-bond acceptors (Lipinski definition) is 16. The highest BCUT2D eigenvalue weighted by Crippen LogP contribution is 2.60. The fourth-order valence-corrected chi connectivity index (χ4v) is 8.85. The Labute approximate surface area is 395 Å². The molecular weight excluding hydrogens is 912 g/mol. The molecule has 8 atom stereocenters. The second-order valence-corrected chi connectivity index (χ2v) is 20.0. The number of carbonyl (C=O) groups is 2. The van der Waals surface area contributed by atoms with Gasteiger partial charge in [-0.2, -0.15) is 9.29 Å². The quantitative estimate of drug-likeness (QED) is 0.0160. The minimum absolute atomic E-state index is 0.0292. The molecule has 1 aromatic rings. The lowest BCUT2D eigenvalue weighted by Crippen LogP contribution is -2.36. The number of aliphatic hydroxyl groups excluding tert-OH is 3. The van der Waals surface area contributed by atoms with Crippen LogP contribution in [0.4, 0.5) is 5.82 Å². The Morgan fingerprint density at radius 2 is 1.39 bits per heavy atom. The number of phosphoric acid groups is 2. The molecule has 3 unspecified atom stereocenters. The molecule has 0 aromatic carbocycles. The van der Waals surface area contributed by atoms with Crippen molar-refractivity contribution in [3.63, 3.8) is 0 Å². The predicted molar refractivity (Wildman–Crippen MR) is 253 cm³/mol. The van der Waals surface area contributed by atoms with Crippen molar-refractivity contribution in [3.8, 4) is 0 Å². The first-order chi connectivity index (χ1) is 31.9. The molecule has 0 amide bonds. The average Bonchev–Trinajstić information content (AvgIpc) is 3.54. The van der Waals surface area contributed by atoms with E-state index in [0.29, 0.717) is 31.6 Å². The first kappa shape index (κ1) is 59.8. The second-order valence-electron chi connectivity index (χ2n) is 16.9. The van der Waals surface area contributed by atoms with Gasteiger partial charge in [0.25, 0.3) is 0 Å². The van der Waals surface area contributed by atoms with E-state index in [1.807, 2.05) is 30.4 Å². The molecule has 67 heavy (non-hydrogen) atoms. The number of nitrogens with two attached hydrogens (primary N) is 1. The summed E-state index contributed by atoms with van der Waals surface area (Å²) < 4.78 is 56.5. The molecule has 0 aliphatic carbocycles. The smallest absolute Gasteiger partial charge is 0.462 e. The van der Waals surface area contributed by atoms with E-state index in [9.17, 15) is 48.6 Å². The normalized spacial score (nSPS) is 20.6. The van der Waals surface area contributed by atoms with Crippen LogP contribution in [0.25, 0.3) is 0 Å². The Balaban J connectivity index is 1.84. The maximum Gasteiger partial charge on any atom is 0.481 e. The molecule has 2 heterocycles. The maximum absolute atomic E-state index is 12.8. The number of ether oxygens (including phenoxy) is 3. The predicted octanol–water partition coefficient (Wildman–Crippen LogP) is 7.82. The molecule has 0 saturated carbocycles. The van der Waals surface area contributed by atoms with Crippen LogP contribution in [-0.2, 0) is 46.3 Å². The summed E-state index contributed by atoms with van der Waals surface area (Å²) in [5, 5.41) is 30.6. The van der Waals surface area contributed by atoms with Crippen LogP contribution in [0.1, 0.15) is 149 Å². The molecule has 21 heteroatoms. The van der Waals surface area contributed by atoms with Crippen LogP contribution in [0.3, 0.4) is 0 Å². The van der Waals surface area contributed by atoms with Crippen LogP contribution in [0, 0.1) is 5.92 Å². The molecule has 2 rings (SSSR count). The lowest BCUT2D eigenvalue weighted by Gasteiger charge is -2.21. The van der Waals surface area contributed by atoms with Crippen molar-refractivity contribution < 1.29 is 71.4 Å². The fraction of sp³-hybridized carbons (Fsp3) is 0.696. The number of esters is 2. The molecule has 0 bridgehead atoms. The van der Waals surface area contributed by atoms with Crippen LogP contribution in [0.15, 0.2) is 65.7 Å². The largest absolute Gasteiger partial charge is 0.481 e. The van der Waals surface area contributed by atoms with E-state index in [-0.39, 0.29) is 24.8 Å². The molecule has 1 aliphatic rings. The second kappa shape index (κ2) is 34.1. The van der Waals surface area contributed by atoms with Gasteiger partial charge < -0.3 is 45.1 Å². The molecule has 0 spiro atoms. The molecule has 1 fully saturated rings. The van der Waals surface area contributed by atoms with Gasteiger partial charge in [-0.05, 0) is 63.4 Å². The summed E-state index contributed by atoms with van der Waals surface area (Å²) >= 11 is 0. The highest BCUT2D eigenvalue weighted by Gasteiger charge is 2.46. The summed E-state index contributed by atoms with van der Waals surface area (Å²) in [6.07, 6.45) is 24.5. The summed E-state index contributed by atoms with van der Waals surface area (Å²) in [5.74, 6) is -0.690. The molecule has 1 aromatic heterocycles. The third-order valence-electron chi connectivity index (χ3n) is 10.4. The van der Waals surface area contributed by atoms with E-state index in [4.69, 9.17) is 29.0 Å². The van der Waals surface area contributed by atoms with Gasteiger partial charge in [0.15, 0.2) is 12.3 Å². The number of nitrogen functional groups attached to an aromatic ring is 1. The molecule has 19 nitrogen and oxygen atoms in total. The zero-order chi connectivity index (χ0) is 49.5. The molecule has 382 valence electrons. The van der Waals surface area contributed by atoms with E-state index >= 15 is 0 Å². The lowest BCUT2D eigenvalue weighted by molar-refractivity contribution is -0.161. The number of allylic oxidation sites excluding steroid dienone is 7. The van der Waals surface area contributed by atoms with Crippen molar-refractivity contribution >= 4 is 33.4 Å². The number of aromatic nitrogens is 2. The van der Waals surface area contributed by atoms with E-state index in [1.54, 1.807) is 0 Å². The van der Waals surface area contributed by atoms with E-state index in [1.165, 1.54) is 31.7 Å². The lowest BCUT2D eigenvalue weighted by atomic mass is 10.0. The highest BCUT2D eigenvalue weighted by atomic mass is 31.3. The number of phosphoric ester groups is 2. The number of carbonyl (C=O) groups excluding carboxylic acids is 2.